The monoisotopic (exact) mass is 1120 g/mol. The Labute approximate surface area is 428 Å². The van der Waals surface area contributed by atoms with E-state index in [-0.39, 0.29) is 19.2 Å². The summed E-state index contributed by atoms with van der Waals surface area (Å²) in [5, 5.41) is 0. The molecule has 0 radical (unpaired) electrons. The number of unbranched alkanes of at least 4 members (excludes halogenated alkanes) is 2. The third-order valence-corrected chi connectivity index (χ3v) is 12.9. The van der Waals surface area contributed by atoms with Crippen molar-refractivity contribution in [3.8, 4) is 0 Å². The zero-order chi connectivity index (χ0) is 52.9. The standard InChI is InChI=1S/C52H54N6O2S.2F5P.2FH/c1-53-37-39-55(41-53)35-11-9-13-43-19-23-47(24-20-43)57(45-15-5-3-6-16-45)49-27-31-51(32-28-49)61(59,60)52-33-29-50(30-34-52)58(46-17-7-4-8-18-46)48-25-21-44(22-26-48)14-10-12-36-56-40-38-54(2)42-56;2*1-6(2,3,4)5;;/h3-8,15-34,37-42H,9-14,35-36H2,1-2H3;;;2*1H/q+2;;;;/p-2. The van der Waals surface area contributed by atoms with Crippen molar-refractivity contribution in [3.63, 3.8) is 0 Å². The molecule has 0 amide bonds. The molecule has 2 aromatic heterocycles. The van der Waals surface area contributed by atoms with E-state index < -0.39 is 26.2 Å². The summed E-state index contributed by atoms with van der Waals surface area (Å²) in [6.07, 6.45) is 19.1. The molecule has 0 fully saturated rings. The molecule has 0 spiro atoms. The van der Waals surface area contributed by atoms with Gasteiger partial charge in [0.2, 0.25) is 22.5 Å². The molecular weight excluding hydrogens is 1060 g/mol. The minimum Gasteiger partial charge on any atom is -1.00 e. The van der Waals surface area contributed by atoms with E-state index in [1.165, 1.54) is 11.1 Å². The number of aromatic nitrogens is 4. The third-order valence-electron chi connectivity index (χ3n) is 11.1. The van der Waals surface area contributed by atoms with Gasteiger partial charge in [0.25, 0.3) is 0 Å². The van der Waals surface area contributed by atoms with Gasteiger partial charge < -0.3 is 19.2 Å². The van der Waals surface area contributed by atoms with Crippen molar-refractivity contribution >= 4 is 60.3 Å². The van der Waals surface area contributed by atoms with Gasteiger partial charge in [0, 0.05) is 34.1 Å². The van der Waals surface area contributed by atoms with Gasteiger partial charge in [0.15, 0.2) is 0 Å². The SMILES string of the molecule is C[n+]1ccn(CCCCc2ccc(N(c3ccccc3)c3ccc(S(=O)(=O)c4ccc(N(c5ccccc5)c5ccc(CCCCn6cc[n+](C)c6)cc5)cc4)cc3)cc2)c1.FP(F)(F)(F)F.FP(F)(F)(F)F.[F-].[F-]. The van der Waals surface area contributed by atoms with Crippen LogP contribution in [-0.2, 0) is 49.9 Å². The first-order valence-corrected chi connectivity index (χ1v) is 27.7. The molecule has 8 nitrogen and oxygen atoms in total. The van der Waals surface area contributed by atoms with Crippen LogP contribution in [0, 0.1) is 0 Å². The van der Waals surface area contributed by atoms with Crippen molar-refractivity contribution in [1.82, 2.24) is 9.13 Å². The number of para-hydroxylation sites is 2. The predicted octanol–water partition coefficient (Wildman–Crippen LogP) is 10.7. The number of benzene rings is 6. The molecule has 8 aromatic rings. The van der Waals surface area contributed by atoms with Crippen molar-refractivity contribution in [3.05, 3.63) is 206 Å². The van der Waals surface area contributed by atoms with E-state index in [0.29, 0.717) is 0 Å². The number of imidazole rings is 2. The van der Waals surface area contributed by atoms with Crippen LogP contribution in [0.25, 0.3) is 0 Å². The maximum absolute atomic E-state index is 14.1. The summed E-state index contributed by atoms with van der Waals surface area (Å²) >= 11 is 0. The number of halogens is 12. The van der Waals surface area contributed by atoms with Gasteiger partial charge in [-0.2, -0.15) is 0 Å². The van der Waals surface area contributed by atoms with Crippen LogP contribution < -0.4 is 28.3 Å². The molecular formula is C52H54F12N6O2P2S. The molecule has 0 saturated heterocycles. The second-order valence-corrected chi connectivity index (χ2v) is 21.5. The molecule has 0 atom stereocenters. The van der Waals surface area contributed by atoms with Crippen molar-refractivity contribution in [1.29, 1.82) is 0 Å². The van der Waals surface area contributed by atoms with E-state index in [1.54, 1.807) is 24.3 Å². The average Bonchev–Trinajstić information content (AvgIpc) is 3.96. The molecule has 0 unspecified atom stereocenters. The Hall–Kier alpha value is -6.69. The van der Waals surface area contributed by atoms with E-state index in [4.69, 9.17) is 0 Å². The number of sulfone groups is 1. The van der Waals surface area contributed by atoms with E-state index >= 15 is 0 Å². The number of hydrogen-bond donors (Lipinski definition) is 0. The summed E-state index contributed by atoms with van der Waals surface area (Å²) < 4.78 is 135. The average molecular weight is 1120 g/mol. The van der Waals surface area contributed by atoms with Gasteiger partial charge in [-0.25, -0.2) is 26.7 Å². The number of aryl methyl sites for hydroxylation is 6. The van der Waals surface area contributed by atoms with Crippen LogP contribution in [-0.4, -0.2) is 17.6 Å². The van der Waals surface area contributed by atoms with Crippen molar-refractivity contribution in [2.24, 2.45) is 14.1 Å². The Bertz CT molecular complexity index is 2860. The minimum atomic E-state index is -8.55. The summed E-state index contributed by atoms with van der Waals surface area (Å²) in [5.41, 5.74) is 8.37. The summed E-state index contributed by atoms with van der Waals surface area (Å²) in [6, 6.07) is 52.2. The first kappa shape index (κ1) is 60.9. The van der Waals surface area contributed by atoms with Crippen LogP contribution in [0.5, 0.6) is 0 Å². The smallest absolute Gasteiger partial charge is 1.00 e. The predicted molar refractivity (Wildman–Crippen MR) is 270 cm³/mol. The molecule has 0 saturated carbocycles. The van der Waals surface area contributed by atoms with Gasteiger partial charge in [-0.1, -0.05) is 60.7 Å². The van der Waals surface area contributed by atoms with Gasteiger partial charge in [-0.05, 0) is 147 Å². The van der Waals surface area contributed by atoms with Crippen molar-refractivity contribution in [2.75, 3.05) is 9.80 Å². The largest absolute Gasteiger partial charge is 1.00 e. The Balaban J connectivity index is 0.000000780. The second kappa shape index (κ2) is 25.7. The fourth-order valence-corrected chi connectivity index (χ4v) is 9.13. The summed E-state index contributed by atoms with van der Waals surface area (Å²) in [6.45, 7) is 2.02. The summed E-state index contributed by atoms with van der Waals surface area (Å²) in [4.78, 5) is 4.83. The van der Waals surface area contributed by atoms with E-state index in [0.717, 1.165) is 85.7 Å². The maximum Gasteiger partial charge on any atom is -1.00 e. The molecule has 6 aromatic carbocycles. The molecule has 8 rings (SSSR count). The number of hydrogen-bond acceptors (Lipinski definition) is 4. The quantitative estimate of drug-likeness (QED) is 0.0372. The molecule has 404 valence electrons. The molecule has 0 bridgehead atoms. The van der Waals surface area contributed by atoms with Crippen LogP contribution in [0.15, 0.2) is 205 Å². The molecule has 0 N–H and O–H groups in total. The van der Waals surface area contributed by atoms with Crippen LogP contribution in [0.4, 0.5) is 76.1 Å². The van der Waals surface area contributed by atoms with Crippen LogP contribution in [0.2, 0.25) is 0 Å². The Morgan fingerprint density at radius 1 is 0.413 bits per heavy atom. The molecule has 0 aliphatic rings. The fraction of sp³-hybridized carbons (Fsp3) is 0.192. The first-order valence-electron chi connectivity index (χ1n) is 22.8. The normalized spacial score (nSPS) is 12.4. The first-order chi connectivity index (χ1) is 34.3. The van der Waals surface area contributed by atoms with E-state index in [9.17, 15) is 50.4 Å². The zero-order valence-corrected chi connectivity index (χ0v) is 43.1. The van der Waals surface area contributed by atoms with Gasteiger partial charge in [0.1, 0.15) is 24.8 Å². The Morgan fingerprint density at radius 3 is 0.947 bits per heavy atom. The van der Waals surface area contributed by atoms with Crippen LogP contribution in [0.1, 0.15) is 36.8 Å². The molecule has 75 heavy (non-hydrogen) atoms. The van der Waals surface area contributed by atoms with E-state index in [1.807, 2.05) is 74.8 Å². The summed E-state index contributed by atoms with van der Waals surface area (Å²) in [7, 11) is -16.8. The van der Waals surface area contributed by atoms with Gasteiger partial charge in [-0.3, -0.25) is 0 Å². The molecule has 0 aliphatic heterocycles. The summed E-state index contributed by atoms with van der Waals surface area (Å²) in [5.74, 6) is 0. The molecule has 23 heteroatoms. The van der Waals surface area contributed by atoms with Gasteiger partial charge >= 0.3 is 58.3 Å². The van der Waals surface area contributed by atoms with Gasteiger partial charge in [-0.15, -0.1) is 0 Å². The number of anilines is 6. The fourth-order valence-electron chi connectivity index (χ4n) is 7.87. The second-order valence-electron chi connectivity index (χ2n) is 17.0. The maximum atomic E-state index is 14.1. The zero-order valence-electron chi connectivity index (χ0n) is 40.5. The third kappa shape index (κ3) is 20.9. The van der Waals surface area contributed by atoms with Crippen molar-refractivity contribution < 1.29 is 68.9 Å². The van der Waals surface area contributed by atoms with Crippen LogP contribution in [0.3, 0.4) is 0 Å². The number of nitrogens with zero attached hydrogens (tertiary/aromatic N) is 6. The Morgan fingerprint density at radius 2 is 0.680 bits per heavy atom. The van der Waals surface area contributed by atoms with Crippen molar-refractivity contribution in [2.45, 2.75) is 61.4 Å². The van der Waals surface area contributed by atoms with E-state index in [2.05, 4.69) is 138 Å². The van der Waals surface area contributed by atoms with Gasteiger partial charge in [0.05, 0.1) is 37.0 Å². The Kier molecular flexibility index (Phi) is 20.9. The number of rotatable bonds is 18. The molecule has 0 aliphatic carbocycles. The molecule has 2 heterocycles. The topological polar surface area (TPSA) is 58.2 Å². The minimum absolute atomic E-state index is 0. The van der Waals surface area contributed by atoms with Crippen LogP contribution >= 0.6 is 16.3 Å².